The van der Waals surface area contributed by atoms with Crippen molar-refractivity contribution in [1.82, 2.24) is 4.98 Å². The van der Waals surface area contributed by atoms with Crippen molar-refractivity contribution in [3.8, 4) is 0 Å². The van der Waals surface area contributed by atoms with Crippen LogP contribution in [-0.4, -0.2) is 16.8 Å². The van der Waals surface area contributed by atoms with E-state index in [0.29, 0.717) is 17.1 Å². The minimum Gasteiger partial charge on any atom is -0.326 e. The largest absolute Gasteiger partial charge is 0.326 e. The third-order valence-electron chi connectivity index (χ3n) is 3.33. The van der Waals surface area contributed by atoms with E-state index in [1.54, 1.807) is 30.5 Å². The number of nitrogens with one attached hydrogen (secondary N) is 2. The minimum atomic E-state index is -0.290. The molecule has 1 heterocycles. The van der Waals surface area contributed by atoms with Crippen LogP contribution in [-0.2, 0) is 4.79 Å². The van der Waals surface area contributed by atoms with Crippen molar-refractivity contribution in [2.24, 2.45) is 0 Å². The summed E-state index contributed by atoms with van der Waals surface area (Å²) >= 11 is 0. The highest BCUT2D eigenvalue weighted by Crippen LogP contribution is 2.19. The van der Waals surface area contributed by atoms with Crippen LogP contribution in [0.15, 0.2) is 60.8 Å². The standard InChI is InChI=1S/C18H15N3O2/c1-12(22)20-14-6-4-7-15(11-14)21-18(23)17-16-8-3-2-5-13(16)9-10-19-17/h2-11H,1H3,(H,20,22)(H,21,23). The lowest BCUT2D eigenvalue weighted by molar-refractivity contribution is -0.114. The number of anilines is 2. The molecule has 0 unspecified atom stereocenters. The van der Waals surface area contributed by atoms with Gasteiger partial charge in [0, 0.05) is 29.9 Å². The number of hydrogen-bond acceptors (Lipinski definition) is 3. The van der Waals surface area contributed by atoms with Gasteiger partial charge in [-0.05, 0) is 29.7 Å². The van der Waals surface area contributed by atoms with Gasteiger partial charge in [0.05, 0.1) is 0 Å². The molecular formula is C18H15N3O2. The van der Waals surface area contributed by atoms with E-state index in [-0.39, 0.29) is 11.8 Å². The maximum absolute atomic E-state index is 12.5. The zero-order valence-corrected chi connectivity index (χ0v) is 12.5. The molecule has 0 radical (unpaired) electrons. The number of pyridine rings is 1. The second-order valence-corrected chi connectivity index (χ2v) is 5.10. The number of amides is 2. The Morgan fingerprint density at radius 2 is 1.65 bits per heavy atom. The lowest BCUT2D eigenvalue weighted by Crippen LogP contribution is -2.14. The molecule has 0 aliphatic carbocycles. The number of aromatic nitrogens is 1. The summed E-state index contributed by atoms with van der Waals surface area (Å²) in [6.07, 6.45) is 1.62. The second kappa shape index (κ2) is 6.27. The third-order valence-corrected chi connectivity index (χ3v) is 3.33. The maximum Gasteiger partial charge on any atom is 0.274 e. The molecule has 114 valence electrons. The molecule has 2 amide bonds. The Hall–Kier alpha value is -3.21. The summed E-state index contributed by atoms with van der Waals surface area (Å²) < 4.78 is 0. The summed E-state index contributed by atoms with van der Waals surface area (Å²) in [4.78, 5) is 27.8. The van der Waals surface area contributed by atoms with Crippen molar-refractivity contribution in [3.63, 3.8) is 0 Å². The molecular weight excluding hydrogens is 290 g/mol. The van der Waals surface area contributed by atoms with Gasteiger partial charge < -0.3 is 10.6 Å². The van der Waals surface area contributed by atoms with E-state index < -0.39 is 0 Å². The number of benzene rings is 2. The van der Waals surface area contributed by atoms with Crippen LogP contribution in [0.4, 0.5) is 11.4 Å². The number of nitrogens with zero attached hydrogens (tertiary/aromatic N) is 1. The predicted molar refractivity (Wildman–Crippen MR) is 90.4 cm³/mol. The Labute approximate surface area is 133 Å². The summed E-state index contributed by atoms with van der Waals surface area (Å²) in [5.41, 5.74) is 1.59. The van der Waals surface area contributed by atoms with E-state index >= 15 is 0 Å². The Morgan fingerprint density at radius 1 is 0.913 bits per heavy atom. The van der Waals surface area contributed by atoms with E-state index in [1.165, 1.54) is 6.92 Å². The summed E-state index contributed by atoms with van der Waals surface area (Å²) in [7, 11) is 0. The highest BCUT2D eigenvalue weighted by atomic mass is 16.2. The summed E-state index contributed by atoms with van der Waals surface area (Å²) in [5.74, 6) is -0.453. The van der Waals surface area contributed by atoms with Gasteiger partial charge in [-0.25, -0.2) is 0 Å². The van der Waals surface area contributed by atoms with E-state index in [9.17, 15) is 9.59 Å². The smallest absolute Gasteiger partial charge is 0.274 e. The molecule has 3 aromatic rings. The highest BCUT2D eigenvalue weighted by Gasteiger charge is 2.12. The molecule has 23 heavy (non-hydrogen) atoms. The summed E-state index contributed by atoms with van der Waals surface area (Å²) in [6.45, 7) is 1.44. The number of fused-ring (bicyclic) bond motifs is 1. The molecule has 2 N–H and O–H groups in total. The summed E-state index contributed by atoms with van der Waals surface area (Å²) in [5, 5.41) is 7.25. The molecule has 0 bridgehead atoms. The van der Waals surface area contributed by atoms with Crippen molar-refractivity contribution in [3.05, 3.63) is 66.5 Å². The molecule has 0 saturated carbocycles. The van der Waals surface area contributed by atoms with E-state index in [4.69, 9.17) is 0 Å². The number of carbonyl (C=O) groups is 2. The van der Waals surface area contributed by atoms with Gasteiger partial charge in [0.15, 0.2) is 0 Å². The van der Waals surface area contributed by atoms with Gasteiger partial charge in [-0.1, -0.05) is 30.3 Å². The molecule has 0 saturated heterocycles. The third kappa shape index (κ3) is 3.35. The van der Waals surface area contributed by atoms with Crippen LogP contribution in [0.5, 0.6) is 0 Å². The fraction of sp³-hybridized carbons (Fsp3) is 0.0556. The number of carbonyl (C=O) groups excluding carboxylic acids is 2. The van der Waals surface area contributed by atoms with Gasteiger partial charge in [-0.15, -0.1) is 0 Å². The topological polar surface area (TPSA) is 71.1 Å². The minimum absolute atomic E-state index is 0.163. The second-order valence-electron chi connectivity index (χ2n) is 5.10. The first-order valence-corrected chi connectivity index (χ1v) is 7.16. The van der Waals surface area contributed by atoms with Gasteiger partial charge in [0.25, 0.3) is 5.91 Å². The summed E-state index contributed by atoms with van der Waals surface area (Å²) in [6, 6.07) is 16.4. The van der Waals surface area contributed by atoms with Gasteiger partial charge in [-0.2, -0.15) is 0 Å². The Morgan fingerprint density at radius 3 is 2.43 bits per heavy atom. The first-order valence-electron chi connectivity index (χ1n) is 7.16. The fourth-order valence-corrected chi connectivity index (χ4v) is 2.37. The Bertz CT molecular complexity index is 885. The van der Waals surface area contributed by atoms with Crippen LogP contribution in [0.2, 0.25) is 0 Å². The highest BCUT2D eigenvalue weighted by molar-refractivity contribution is 6.11. The van der Waals surface area contributed by atoms with E-state index in [0.717, 1.165) is 10.8 Å². The predicted octanol–water partition coefficient (Wildman–Crippen LogP) is 3.45. The number of rotatable bonds is 3. The normalized spacial score (nSPS) is 10.3. The molecule has 0 atom stereocenters. The van der Waals surface area contributed by atoms with E-state index in [1.807, 2.05) is 30.3 Å². The van der Waals surface area contributed by atoms with Gasteiger partial charge in [0.1, 0.15) is 5.69 Å². The first-order chi connectivity index (χ1) is 11.1. The van der Waals surface area contributed by atoms with Crippen molar-refractivity contribution in [2.45, 2.75) is 6.92 Å². The van der Waals surface area contributed by atoms with Crippen molar-refractivity contribution in [2.75, 3.05) is 10.6 Å². The van der Waals surface area contributed by atoms with Crippen molar-refractivity contribution >= 4 is 34.0 Å². The van der Waals surface area contributed by atoms with Crippen LogP contribution in [0, 0.1) is 0 Å². The maximum atomic E-state index is 12.5. The van der Waals surface area contributed by atoms with Gasteiger partial charge in [-0.3, -0.25) is 14.6 Å². The molecule has 0 aliphatic rings. The van der Waals surface area contributed by atoms with Crippen LogP contribution in [0.3, 0.4) is 0 Å². The molecule has 0 spiro atoms. The Kier molecular flexibility index (Phi) is 4.01. The quantitative estimate of drug-likeness (QED) is 0.778. The molecule has 0 aliphatic heterocycles. The fourth-order valence-electron chi connectivity index (χ4n) is 2.37. The zero-order valence-electron chi connectivity index (χ0n) is 12.5. The van der Waals surface area contributed by atoms with Crippen LogP contribution in [0.25, 0.3) is 10.8 Å². The van der Waals surface area contributed by atoms with Crippen molar-refractivity contribution in [1.29, 1.82) is 0 Å². The van der Waals surface area contributed by atoms with E-state index in [2.05, 4.69) is 15.6 Å². The monoisotopic (exact) mass is 305 g/mol. The molecule has 2 aromatic carbocycles. The van der Waals surface area contributed by atoms with Gasteiger partial charge in [0.2, 0.25) is 5.91 Å². The molecule has 0 fully saturated rings. The van der Waals surface area contributed by atoms with Crippen LogP contribution in [0.1, 0.15) is 17.4 Å². The average Bonchev–Trinajstić information content (AvgIpc) is 2.54. The molecule has 5 heteroatoms. The van der Waals surface area contributed by atoms with Crippen molar-refractivity contribution < 1.29 is 9.59 Å². The molecule has 3 rings (SSSR count). The SMILES string of the molecule is CC(=O)Nc1cccc(NC(=O)c2nccc3ccccc23)c1. The first kappa shape index (κ1) is 14.7. The number of hydrogen-bond donors (Lipinski definition) is 2. The average molecular weight is 305 g/mol. The van der Waals surface area contributed by atoms with Gasteiger partial charge >= 0.3 is 0 Å². The Balaban J connectivity index is 1.88. The zero-order chi connectivity index (χ0) is 16.2. The van der Waals surface area contributed by atoms with Crippen LogP contribution >= 0.6 is 0 Å². The molecule has 5 nitrogen and oxygen atoms in total. The lowest BCUT2D eigenvalue weighted by Gasteiger charge is -2.09. The molecule has 1 aromatic heterocycles. The lowest BCUT2D eigenvalue weighted by atomic mass is 10.1. The van der Waals surface area contributed by atoms with Crippen LogP contribution < -0.4 is 10.6 Å².